The summed E-state index contributed by atoms with van der Waals surface area (Å²) in [7, 11) is 0. The SMILES string of the molecule is Cc1ccc(CSc2nc3ccccc3n2-c2cccc(C)c2)cc1. The summed E-state index contributed by atoms with van der Waals surface area (Å²) in [5, 5.41) is 1.03. The molecule has 4 rings (SSSR count). The van der Waals surface area contributed by atoms with E-state index in [0.717, 1.165) is 21.9 Å². The van der Waals surface area contributed by atoms with E-state index in [1.165, 1.54) is 22.4 Å². The van der Waals surface area contributed by atoms with Gasteiger partial charge in [-0.1, -0.05) is 65.9 Å². The summed E-state index contributed by atoms with van der Waals surface area (Å²) in [6.45, 7) is 4.25. The standard InChI is InChI=1S/C22H20N2S/c1-16-10-12-18(13-11-16)15-25-22-23-20-8-3-4-9-21(20)24(22)19-7-5-6-17(2)14-19/h3-14H,15H2,1-2H3. The number of thioether (sulfide) groups is 1. The zero-order valence-electron chi connectivity index (χ0n) is 14.4. The number of nitrogens with zero attached hydrogens (tertiary/aromatic N) is 2. The summed E-state index contributed by atoms with van der Waals surface area (Å²) >= 11 is 1.78. The molecule has 0 aliphatic carbocycles. The number of para-hydroxylation sites is 2. The van der Waals surface area contributed by atoms with Gasteiger partial charge in [0.25, 0.3) is 0 Å². The predicted octanol–water partition coefficient (Wildman–Crippen LogP) is 5.93. The molecule has 0 aliphatic rings. The van der Waals surface area contributed by atoms with E-state index in [4.69, 9.17) is 4.98 Å². The van der Waals surface area contributed by atoms with Crippen LogP contribution in [0.4, 0.5) is 0 Å². The first-order valence-corrected chi connectivity index (χ1v) is 9.42. The van der Waals surface area contributed by atoms with Crippen LogP contribution in [-0.2, 0) is 5.75 Å². The first-order chi connectivity index (χ1) is 12.2. The van der Waals surface area contributed by atoms with Gasteiger partial charge in [-0.3, -0.25) is 4.57 Å². The third-order valence-corrected chi connectivity index (χ3v) is 5.29. The van der Waals surface area contributed by atoms with Gasteiger partial charge in [0, 0.05) is 11.4 Å². The van der Waals surface area contributed by atoms with E-state index in [1.54, 1.807) is 11.8 Å². The van der Waals surface area contributed by atoms with Crippen LogP contribution in [0.5, 0.6) is 0 Å². The van der Waals surface area contributed by atoms with Crippen molar-refractivity contribution < 1.29 is 0 Å². The molecule has 0 unspecified atom stereocenters. The number of fused-ring (bicyclic) bond motifs is 1. The summed E-state index contributed by atoms with van der Waals surface area (Å²) in [4.78, 5) is 4.88. The van der Waals surface area contributed by atoms with Gasteiger partial charge in [-0.05, 0) is 49.2 Å². The Morgan fingerprint density at radius 3 is 2.44 bits per heavy atom. The molecule has 0 fully saturated rings. The number of aromatic nitrogens is 2. The number of hydrogen-bond acceptors (Lipinski definition) is 2. The molecule has 4 aromatic rings. The van der Waals surface area contributed by atoms with Gasteiger partial charge in [0.15, 0.2) is 5.16 Å². The fourth-order valence-electron chi connectivity index (χ4n) is 2.95. The van der Waals surface area contributed by atoms with Crippen LogP contribution in [-0.4, -0.2) is 9.55 Å². The largest absolute Gasteiger partial charge is 0.287 e. The van der Waals surface area contributed by atoms with Crippen LogP contribution in [0.1, 0.15) is 16.7 Å². The molecular formula is C22H20N2S. The van der Waals surface area contributed by atoms with E-state index in [0.29, 0.717) is 0 Å². The van der Waals surface area contributed by atoms with Crippen molar-refractivity contribution >= 4 is 22.8 Å². The molecule has 2 nitrogen and oxygen atoms in total. The molecule has 1 heterocycles. The highest BCUT2D eigenvalue weighted by Crippen LogP contribution is 2.30. The minimum absolute atomic E-state index is 0.912. The zero-order chi connectivity index (χ0) is 17.2. The summed E-state index contributed by atoms with van der Waals surface area (Å²) in [5.74, 6) is 0.912. The average Bonchev–Trinajstić information content (AvgIpc) is 2.99. The van der Waals surface area contributed by atoms with Crippen LogP contribution in [0.15, 0.2) is 78.0 Å². The lowest BCUT2D eigenvalue weighted by atomic mass is 10.2. The zero-order valence-corrected chi connectivity index (χ0v) is 15.3. The van der Waals surface area contributed by atoms with Gasteiger partial charge >= 0.3 is 0 Å². The Morgan fingerprint density at radius 2 is 1.64 bits per heavy atom. The molecule has 0 bridgehead atoms. The van der Waals surface area contributed by atoms with Crippen molar-refractivity contribution in [2.45, 2.75) is 24.8 Å². The van der Waals surface area contributed by atoms with Crippen molar-refractivity contribution in [3.63, 3.8) is 0 Å². The van der Waals surface area contributed by atoms with Crippen LogP contribution in [0.2, 0.25) is 0 Å². The van der Waals surface area contributed by atoms with E-state index in [1.807, 2.05) is 6.07 Å². The predicted molar refractivity (Wildman–Crippen MR) is 107 cm³/mol. The lowest BCUT2D eigenvalue weighted by Gasteiger charge is -2.10. The molecule has 0 aliphatic heterocycles. The number of aryl methyl sites for hydroxylation is 2. The molecule has 3 heteroatoms. The summed E-state index contributed by atoms with van der Waals surface area (Å²) < 4.78 is 2.27. The van der Waals surface area contributed by atoms with Crippen molar-refractivity contribution in [1.82, 2.24) is 9.55 Å². The summed E-state index contributed by atoms with van der Waals surface area (Å²) in [5.41, 5.74) is 7.22. The average molecular weight is 344 g/mol. The quantitative estimate of drug-likeness (QED) is 0.427. The Balaban J connectivity index is 1.75. The van der Waals surface area contributed by atoms with Gasteiger partial charge in [0.05, 0.1) is 11.0 Å². The van der Waals surface area contributed by atoms with E-state index in [2.05, 4.69) is 85.1 Å². The number of imidazole rings is 1. The van der Waals surface area contributed by atoms with Gasteiger partial charge in [0.1, 0.15) is 0 Å². The van der Waals surface area contributed by atoms with Crippen molar-refractivity contribution in [2.24, 2.45) is 0 Å². The molecule has 0 spiro atoms. The van der Waals surface area contributed by atoms with Gasteiger partial charge in [-0.25, -0.2) is 4.98 Å². The second-order valence-corrected chi connectivity index (χ2v) is 7.27. The highest BCUT2D eigenvalue weighted by molar-refractivity contribution is 7.98. The number of rotatable bonds is 4. The molecular weight excluding hydrogens is 324 g/mol. The second kappa shape index (κ2) is 6.77. The Morgan fingerprint density at radius 1 is 0.840 bits per heavy atom. The van der Waals surface area contributed by atoms with E-state index >= 15 is 0 Å². The minimum atomic E-state index is 0.912. The van der Waals surface area contributed by atoms with E-state index in [-0.39, 0.29) is 0 Å². The van der Waals surface area contributed by atoms with E-state index in [9.17, 15) is 0 Å². The monoisotopic (exact) mass is 344 g/mol. The van der Waals surface area contributed by atoms with Gasteiger partial charge in [0.2, 0.25) is 0 Å². The maximum Gasteiger partial charge on any atom is 0.174 e. The van der Waals surface area contributed by atoms with Crippen molar-refractivity contribution in [2.75, 3.05) is 0 Å². The lowest BCUT2D eigenvalue weighted by Crippen LogP contribution is -1.97. The first-order valence-electron chi connectivity index (χ1n) is 8.43. The fourth-order valence-corrected chi connectivity index (χ4v) is 3.93. The molecule has 1 aromatic heterocycles. The Labute approximate surface area is 152 Å². The molecule has 0 saturated heterocycles. The second-order valence-electron chi connectivity index (χ2n) is 6.33. The van der Waals surface area contributed by atoms with Crippen LogP contribution in [0.3, 0.4) is 0 Å². The minimum Gasteiger partial charge on any atom is -0.287 e. The molecule has 3 aromatic carbocycles. The van der Waals surface area contributed by atoms with Gasteiger partial charge in [-0.15, -0.1) is 0 Å². The summed E-state index contributed by atoms with van der Waals surface area (Å²) in [6.07, 6.45) is 0. The summed E-state index contributed by atoms with van der Waals surface area (Å²) in [6, 6.07) is 25.7. The normalized spacial score (nSPS) is 11.1. The lowest BCUT2D eigenvalue weighted by molar-refractivity contribution is 0.917. The molecule has 0 amide bonds. The smallest absolute Gasteiger partial charge is 0.174 e. The molecule has 0 N–H and O–H groups in total. The highest BCUT2D eigenvalue weighted by Gasteiger charge is 2.13. The maximum atomic E-state index is 4.88. The third-order valence-electron chi connectivity index (χ3n) is 4.28. The third kappa shape index (κ3) is 3.33. The van der Waals surface area contributed by atoms with Crippen LogP contribution < -0.4 is 0 Å². The molecule has 0 atom stereocenters. The van der Waals surface area contributed by atoms with E-state index < -0.39 is 0 Å². The topological polar surface area (TPSA) is 17.8 Å². The van der Waals surface area contributed by atoms with Gasteiger partial charge < -0.3 is 0 Å². The van der Waals surface area contributed by atoms with Crippen LogP contribution in [0, 0.1) is 13.8 Å². The highest BCUT2D eigenvalue weighted by atomic mass is 32.2. The molecule has 124 valence electrons. The molecule has 0 radical (unpaired) electrons. The van der Waals surface area contributed by atoms with Crippen LogP contribution in [0.25, 0.3) is 16.7 Å². The van der Waals surface area contributed by atoms with Crippen molar-refractivity contribution in [3.05, 3.63) is 89.5 Å². The fraction of sp³-hybridized carbons (Fsp3) is 0.136. The Kier molecular flexibility index (Phi) is 4.33. The Hall–Kier alpha value is -2.52. The molecule has 25 heavy (non-hydrogen) atoms. The van der Waals surface area contributed by atoms with Gasteiger partial charge in [-0.2, -0.15) is 0 Å². The van der Waals surface area contributed by atoms with Crippen LogP contribution >= 0.6 is 11.8 Å². The number of hydrogen-bond donors (Lipinski definition) is 0. The first kappa shape index (κ1) is 16.0. The van der Waals surface area contributed by atoms with Crippen molar-refractivity contribution in [3.8, 4) is 5.69 Å². The molecule has 0 saturated carbocycles. The maximum absolute atomic E-state index is 4.88. The number of benzene rings is 3. The van der Waals surface area contributed by atoms with Crippen molar-refractivity contribution in [1.29, 1.82) is 0 Å². The Bertz CT molecular complexity index is 1020.